The van der Waals surface area contributed by atoms with E-state index in [1.807, 2.05) is 30.3 Å². The van der Waals surface area contributed by atoms with Crippen molar-refractivity contribution in [3.05, 3.63) is 65.7 Å². The number of nitrogens with zero attached hydrogens (tertiary/aromatic N) is 1. The van der Waals surface area contributed by atoms with Gasteiger partial charge in [-0.05, 0) is 48.9 Å². The summed E-state index contributed by atoms with van der Waals surface area (Å²) in [5, 5.41) is 5.90. The molecule has 0 aromatic heterocycles. The Balaban J connectivity index is 1.51. The molecule has 2 unspecified atom stereocenters. The highest BCUT2D eigenvalue weighted by molar-refractivity contribution is 5.94. The van der Waals surface area contributed by atoms with Gasteiger partial charge in [0.05, 0.1) is 12.2 Å². The zero-order valence-electron chi connectivity index (χ0n) is 19.4. The first-order valence-electron chi connectivity index (χ1n) is 11.6. The molecule has 0 radical (unpaired) electrons. The quantitative estimate of drug-likeness (QED) is 0.581. The minimum absolute atomic E-state index is 0.0518. The van der Waals surface area contributed by atoms with Crippen LogP contribution in [0.5, 0.6) is 0 Å². The predicted octanol–water partition coefficient (Wildman–Crippen LogP) is 4.45. The van der Waals surface area contributed by atoms with Crippen molar-refractivity contribution in [2.45, 2.75) is 39.7 Å². The second kappa shape index (κ2) is 12.0. The number of carbonyl (C=O) groups excluding carboxylic acids is 3. The van der Waals surface area contributed by atoms with Crippen molar-refractivity contribution < 1.29 is 19.1 Å². The Hall–Kier alpha value is -3.35. The van der Waals surface area contributed by atoms with Crippen LogP contribution < -0.4 is 10.6 Å². The number of nitrogens with one attached hydrogen (secondary N) is 2. The largest absolute Gasteiger partial charge is 0.462 e. The van der Waals surface area contributed by atoms with E-state index in [2.05, 4.69) is 17.6 Å². The Morgan fingerprint density at radius 1 is 1.03 bits per heavy atom. The van der Waals surface area contributed by atoms with Crippen LogP contribution in [0.3, 0.4) is 0 Å². The maximum Gasteiger partial charge on any atom is 0.338 e. The van der Waals surface area contributed by atoms with Crippen LogP contribution in [0.1, 0.15) is 49.0 Å². The topological polar surface area (TPSA) is 87.7 Å². The fraction of sp³-hybridized carbons (Fsp3) is 0.423. The lowest BCUT2D eigenvalue weighted by Crippen LogP contribution is -2.46. The van der Waals surface area contributed by atoms with Gasteiger partial charge in [-0.3, -0.25) is 4.79 Å². The number of esters is 1. The lowest BCUT2D eigenvalue weighted by molar-refractivity contribution is -0.123. The van der Waals surface area contributed by atoms with Gasteiger partial charge in [-0.2, -0.15) is 0 Å². The van der Waals surface area contributed by atoms with E-state index in [9.17, 15) is 14.4 Å². The molecular formula is C26H33N3O4. The Morgan fingerprint density at radius 2 is 1.82 bits per heavy atom. The van der Waals surface area contributed by atoms with Gasteiger partial charge in [0.2, 0.25) is 5.91 Å². The van der Waals surface area contributed by atoms with Gasteiger partial charge < -0.3 is 20.3 Å². The molecule has 1 aliphatic heterocycles. The molecule has 7 heteroatoms. The number of amides is 3. The first-order valence-corrected chi connectivity index (χ1v) is 11.6. The summed E-state index contributed by atoms with van der Waals surface area (Å²) in [6.07, 6.45) is 2.16. The van der Waals surface area contributed by atoms with Gasteiger partial charge in [0.25, 0.3) is 0 Å². The number of ether oxygens (including phenoxy) is 1. The molecule has 2 aromatic rings. The molecule has 2 atom stereocenters. The third-order valence-corrected chi connectivity index (χ3v) is 6.11. The van der Waals surface area contributed by atoms with Crippen LogP contribution in [0.2, 0.25) is 0 Å². The molecule has 0 aliphatic carbocycles. The predicted molar refractivity (Wildman–Crippen MR) is 128 cm³/mol. The third-order valence-electron chi connectivity index (χ3n) is 6.11. The van der Waals surface area contributed by atoms with Crippen molar-refractivity contribution in [3.8, 4) is 0 Å². The van der Waals surface area contributed by atoms with E-state index in [4.69, 9.17) is 4.74 Å². The molecule has 2 aromatic carbocycles. The monoisotopic (exact) mass is 451 g/mol. The minimum Gasteiger partial charge on any atom is -0.462 e. The highest BCUT2D eigenvalue weighted by atomic mass is 16.5. The average Bonchev–Trinajstić information content (AvgIpc) is 2.84. The highest BCUT2D eigenvalue weighted by Gasteiger charge is 2.31. The normalized spacial score (nSPS) is 17.8. The van der Waals surface area contributed by atoms with E-state index in [1.165, 1.54) is 0 Å². The molecular weight excluding hydrogens is 418 g/mol. The van der Waals surface area contributed by atoms with Gasteiger partial charge in [-0.25, -0.2) is 9.59 Å². The molecule has 0 saturated carbocycles. The summed E-state index contributed by atoms with van der Waals surface area (Å²) in [6, 6.07) is 16.4. The second-order valence-electron chi connectivity index (χ2n) is 8.36. The molecule has 1 saturated heterocycles. The van der Waals surface area contributed by atoms with Crippen LogP contribution in [-0.4, -0.2) is 42.5 Å². The lowest BCUT2D eigenvalue weighted by Gasteiger charge is -2.38. The number of piperidine rings is 1. The van der Waals surface area contributed by atoms with Crippen molar-refractivity contribution in [1.29, 1.82) is 0 Å². The average molecular weight is 452 g/mol. The SMILES string of the molecule is CCOC(=O)c1cccc(NC(=O)N2CCC(CC(=O)NCc3ccccc3)C(CC)C2)c1. The summed E-state index contributed by atoms with van der Waals surface area (Å²) in [5.41, 5.74) is 2.04. The minimum atomic E-state index is -0.411. The molecule has 0 spiro atoms. The van der Waals surface area contributed by atoms with E-state index in [0.717, 1.165) is 18.4 Å². The van der Waals surface area contributed by atoms with Crippen molar-refractivity contribution in [2.75, 3.05) is 25.0 Å². The van der Waals surface area contributed by atoms with Crippen LogP contribution in [0.4, 0.5) is 10.5 Å². The fourth-order valence-electron chi connectivity index (χ4n) is 4.24. The first kappa shape index (κ1) is 24.3. The van der Waals surface area contributed by atoms with Crippen LogP contribution in [0, 0.1) is 11.8 Å². The molecule has 3 amide bonds. The zero-order valence-corrected chi connectivity index (χ0v) is 19.4. The number of carbonyl (C=O) groups is 3. The number of rotatable bonds is 8. The number of benzene rings is 2. The standard InChI is InChI=1S/C26H33N3O4/c1-3-20-18-29(26(32)28-23-12-8-11-22(15-23)25(31)33-4-2)14-13-21(20)16-24(30)27-17-19-9-6-5-7-10-19/h5-12,15,20-21H,3-4,13-14,16-18H2,1-2H3,(H,27,30)(H,28,32). The molecule has 3 rings (SSSR count). The molecule has 1 fully saturated rings. The summed E-state index contributed by atoms with van der Waals surface area (Å²) in [6.45, 7) is 5.89. The van der Waals surface area contributed by atoms with Gasteiger partial charge in [-0.1, -0.05) is 49.7 Å². The van der Waals surface area contributed by atoms with Crippen molar-refractivity contribution in [2.24, 2.45) is 11.8 Å². The number of likely N-dealkylation sites (tertiary alicyclic amines) is 1. The zero-order chi connectivity index (χ0) is 23.6. The van der Waals surface area contributed by atoms with E-state index in [1.54, 1.807) is 36.1 Å². The summed E-state index contributed by atoms with van der Waals surface area (Å²) < 4.78 is 5.02. The fourth-order valence-corrected chi connectivity index (χ4v) is 4.24. The third kappa shape index (κ3) is 7.07. The van der Waals surface area contributed by atoms with Crippen LogP contribution in [-0.2, 0) is 16.1 Å². The van der Waals surface area contributed by atoms with Crippen LogP contribution in [0.25, 0.3) is 0 Å². The molecule has 1 heterocycles. The first-order chi connectivity index (χ1) is 16.0. The summed E-state index contributed by atoms with van der Waals surface area (Å²) in [7, 11) is 0. The summed E-state index contributed by atoms with van der Waals surface area (Å²) in [4.78, 5) is 39.1. The maximum absolute atomic E-state index is 12.8. The number of urea groups is 1. The Morgan fingerprint density at radius 3 is 2.55 bits per heavy atom. The van der Waals surface area contributed by atoms with Crippen LogP contribution >= 0.6 is 0 Å². The van der Waals surface area contributed by atoms with Gasteiger partial charge in [0.15, 0.2) is 0 Å². The Bertz CT molecular complexity index is 948. The van der Waals surface area contributed by atoms with E-state index in [0.29, 0.717) is 43.9 Å². The van der Waals surface area contributed by atoms with Crippen molar-refractivity contribution >= 4 is 23.6 Å². The Kier molecular flexibility index (Phi) is 8.87. The van der Waals surface area contributed by atoms with Crippen molar-refractivity contribution in [3.63, 3.8) is 0 Å². The molecule has 33 heavy (non-hydrogen) atoms. The molecule has 1 aliphatic rings. The van der Waals surface area contributed by atoms with E-state index in [-0.39, 0.29) is 23.8 Å². The van der Waals surface area contributed by atoms with Gasteiger partial charge >= 0.3 is 12.0 Å². The van der Waals surface area contributed by atoms with Crippen LogP contribution in [0.15, 0.2) is 54.6 Å². The van der Waals surface area contributed by atoms with Gasteiger partial charge in [-0.15, -0.1) is 0 Å². The highest BCUT2D eigenvalue weighted by Crippen LogP contribution is 2.29. The summed E-state index contributed by atoms with van der Waals surface area (Å²) >= 11 is 0. The molecule has 2 N–H and O–H groups in total. The summed E-state index contributed by atoms with van der Waals surface area (Å²) in [5.74, 6) is 0.154. The van der Waals surface area contributed by atoms with Crippen molar-refractivity contribution in [1.82, 2.24) is 10.2 Å². The van der Waals surface area contributed by atoms with E-state index < -0.39 is 5.97 Å². The smallest absolute Gasteiger partial charge is 0.338 e. The maximum atomic E-state index is 12.8. The van der Waals surface area contributed by atoms with Gasteiger partial charge in [0.1, 0.15) is 0 Å². The Labute approximate surface area is 195 Å². The molecule has 0 bridgehead atoms. The molecule has 7 nitrogen and oxygen atoms in total. The van der Waals surface area contributed by atoms with Gasteiger partial charge in [0, 0.05) is 31.7 Å². The number of hydrogen-bond donors (Lipinski definition) is 2. The lowest BCUT2D eigenvalue weighted by atomic mass is 9.81. The number of hydrogen-bond acceptors (Lipinski definition) is 4. The number of anilines is 1. The molecule has 176 valence electrons. The van der Waals surface area contributed by atoms with E-state index >= 15 is 0 Å². The second-order valence-corrected chi connectivity index (χ2v) is 8.36.